The maximum Gasteiger partial charge on any atom is 0.339 e. The van der Waals surface area contributed by atoms with Crippen molar-refractivity contribution >= 4 is 27.7 Å². The number of nitrogens with one attached hydrogen (secondary N) is 1. The largest absolute Gasteiger partial charge is 0.478 e. The van der Waals surface area contributed by atoms with Gasteiger partial charge in [0, 0.05) is 16.7 Å². The first-order valence-corrected chi connectivity index (χ1v) is 6.55. The summed E-state index contributed by atoms with van der Waals surface area (Å²) in [6.45, 7) is 2.36. The van der Waals surface area contributed by atoms with Crippen LogP contribution in [0.4, 0.5) is 5.82 Å². The van der Waals surface area contributed by atoms with E-state index in [-0.39, 0.29) is 5.56 Å². The van der Waals surface area contributed by atoms with Gasteiger partial charge in [0.05, 0.1) is 0 Å². The molecule has 0 aliphatic rings. The number of aryl methyl sites for hydroxylation is 1. The van der Waals surface area contributed by atoms with Crippen LogP contribution in [0.2, 0.25) is 0 Å². The highest BCUT2D eigenvalue weighted by atomic mass is 79.9. The van der Waals surface area contributed by atoms with E-state index >= 15 is 0 Å². The van der Waals surface area contributed by atoms with E-state index < -0.39 is 5.97 Å². The van der Waals surface area contributed by atoms with E-state index in [2.05, 4.69) is 26.2 Å². The van der Waals surface area contributed by atoms with E-state index in [1.807, 2.05) is 31.2 Å². The molecule has 0 amide bonds. The number of carbonyl (C=O) groups is 1. The van der Waals surface area contributed by atoms with Crippen LogP contribution in [0.25, 0.3) is 0 Å². The molecule has 0 bridgehead atoms. The molecular formula is C14H13BrN2O2. The topological polar surface area (TPSA) is 62.2 Å². The van der Waals surface area contributed by atoms with E-state index in [0.717, 1.165) is 15.7 Å². The number of carboxylic acids is 1. The number of carboxylic acid groups (broad SMARTS) is 1. The fourth-order valence-corrected chi connectivity index (χ4v) is 1.92. The Morgan fingerprint density at radius 1 is 1.26 bits per heavy atom. The summed E-state index contributed by atoms with van der Waals surface area (Å²) in [5.41, 5.74) is 2.02. The van der Waals surface area contributed by atoms with Gasteiger partial charge in [-0.2, -0.15) is 0 Å². The Kier molecular flexibility index (Phi) is 4.16. The molecule has 0 atom stereocenters. The predicted octanol–water partition coefficient (Wildman–Crippen LogP) is 3.46. The minimum Gasteiger partial charge on any atom is -0.478 e. The maximum absolute atomic E-state index is 11.1. The van der Waals surface area contributed by atoms with Crippen LogP contribution >= 0.6 is 15.9 Å². The Labute approximate surface area is 119 Å². The molecule has 19 heavy (non-hydrogen) atoms. The Bertz CT molecular complexity index is 597. The second-order valence-corrected chi connectivity index (χ2v) is 5.05. The van der Waals surface area contributed by atoms with Gasteiger partial charge in [-0.3, -0.25) is 0 Å². The van der Waals surface area contributed by atoms with Crippen molar-refractivity contribution in [1.29, 1.82) is 0 Å². The van der Waals surface area contributed by atoms with Crippen molar-refractivity contribution in [2.75, 3.05) is 5.32 Å². The van der Waals surface area contributed by atoms with E-state index in [1.165, 1.54) is 0 Å². The van der Waals surface area contributed by atoms with Crippen molar-refractivity contribution in [2.45, 2.75) is 13.5 Å². The molecule has 2 rings (SSSR count). The van der Waals surface area contributed by atoms with Crippen molar-refractivity contribution in [3.63, 3.8) is 0 Å². The number of rotatable bonds is 4. The number of nitrogens with zero attached hydrogens (tertiary/aromatic N) is 1. The molecule has 98 valence electrons. The fourth-order valence-electron chi connectivity index (χ4n) is 1.65. The first kappa shape index (κ1) is 13.5. The molecule has 4 nitrogen and oxygen atoms in total. The Morgan fingerprint density at radius 3 is 2.58 bits per heavy atom. The van der Waals surface area contributed by atoms with Gasteiger partial charge in [0.2, 0.25) is 0 Å². The smallest absolute Gasteiger partial charge is 0.339 e. The lowest BCUT2D eigenvalue weighted by Gasteiger charge is -2.09. The lowest BCUT2D eigenvalue weighted by atomic mass is 10.2. The third-order valence-corrected chi connectivity index (χ3v) is 3.17. The predicted molar refractivity (Wildman–Crippen MR) is 77.4 cm³/mol. The SMILES string of the molecule is Cc1ccc(C(=O)O)c(NCc2ccc(Br)cc2)n1. The summed E-state index contributed by atoms with van der Waals surface area (Å²) < 4.78 is 1.01. The minimum atomic E-state index is -0.981. The van der Waals surface area contributed by atoms with Crippen molar-refractivity contribution in [3.8, 4) is 0 Å². The normalized spacial score (nSPS) is 10.2. The highest BCUT2D eigenvalue weighted by molar-refractivity contribution is 9.10. The van der Waals surface area contributed by atoms with Gasteiger partial charge in [-0.15, -0.1) is 0 Å². The molecule has 5 heteroatoms. The van der Waals surface area contributed by atoms with Crippen LogP contribution in [0.15, 0.2) is 40.9 Å². The highest BCUT2D eigenvalue weighted by Gasteiger charge is 2.11. The molecule has 1 aromatic heterocycles. The molecule has 0 aliphatic carbocycles. The number of anilines is 1. The zero-order valence-corrected chi connectivity index (χ0v) is 11.9. The second kappa shape index (κ2) is 5.84. The Morgan fingerprint density at radius 2 is 1.95 bits per heavy atom. The van der Waals surface area contributed by atoms with E-state index in [0.29, 0.717) is 12.4 Å². The maximum atomic E-state index is 11.1. The van der Waals surface area contributed by atoms with Gasteiger partial charge >= 0.3 is 5.97 Å². The molecule has 0 aliphatic heterocycles. The molecule has 0 saturated carbocycles. The monoisotopic (exact) mass is 320 g/mol. The molecule has 2 N–H and O–H groups in total. The van der Waals surface area contributed by atoms with Crippen LogP contribution in [0.5, 0.6) is 0 Å². The molecule has 0 spiro atoms. The van der Waals surface area contributed by atoms with Crippen LogP contribution in [0.3, 0.4) is 0 Å². The summed E-state index contributed by atoms with van der Waals surface area (Å²) in [6.07, 6.45) is 0. The molecular weight excluding hydrogens is 308 g/mol. The van der Waals surface area contributed by atoms with Crippen molar-refractivity contribution in [1.82, 2.24) is 4.98 Å². The van der Waals surface area contributed by atoms with Gasteiger partial charge in [0.1, 0.15) is 11.4 Å². The lowest BCUT2D eigenvalue weighted by Crippen LogP contribution is -2.09. The molecule has 0 saturated heterocycles. The van der Waals surface area contributed by atoms with Crippen LogP contribution in [0, 0.1) is 6.92 Å². The quantitative estimate of drug-likeness (QED) is 0.905. The summed E-state index contributed by atoms with van der Waals surface area (Å²) in [4.78, 5) is 15.3. The summed E-state index contributed by atoms with van der Waals surface area (Å²) in [6, 6.07) is 11.1. The standard InChI is InChI=1S/C14H13BrN2O2/c1-9-2-7-12(14(18)19)13(17-9)16-8-10-3-5-11(15)6-4-10/h2-7H,8H2,1H3,(H,16,17)(H,18,19). The van der Waals surface area contributed by atoms with Gasteiger partial charge < -0.3 is 10.4 Å². The molecule has 0 radical (unpaired) electrons. The average Bonchev–Trinajstić information content (AvgIpc) is 2.38. The molecule has 0 fully saturated rings. The zero-order chi connectivity index (χ0) is 13.8. The zero-order valence-electron chi connectivity index (χ0n) is 10.4. The number of aromatic nitrogens is 1. The molecule has 1 aromatic carbocycles. The van der Waals surface area contributed by atoms with Crippen molar-refractivity contribution in [3.05, 3.63) is 57.7 Å². The Balaban J connectivity index is 2.16. The lowest BCUT2D eigenvalue weighted by molar-refractivity contribution is 0.0697. The van der Waals surface area contributed by atoms with E-state index in [1.54, 1.807) is 12.1 Å². The summed E-state index contributed by atoms with van der Waals surface area (Å²) in [7, 11) is 0. The van der Waals surface area contributed by atoms with Gasteiger partial charge in [0.15, 0.2) is 0 Å². The molecule has 1 heterocycles. The number of hydrogen-bond acceptors (Lipinski definition) is 3. The number of benzene rings is 1. The summed E-state index contributed by atoms with van der Waals surface area (Å²) >= 11 is 3.37. The average molecular weight is 321 g/mol. The highest BCUT2D eigenvalue weighted by Crippen LogP contribution is 2.16. The van der Waals surface area contributed by atoms with Crippen LogP contribution in [-0.4, -0.2) is 16.1 Å². The summed E-state index contributed by atoms with van der Waals surface area (Å²) in [5.74, 6) is -0.582. The minimum absolute atomic E-state index is 0.183. The molecule has 2 aromatic rings. The van der Waals surface area contributed by atoms with Crippen LogP contribution in [0.1, 0.15) is 21.6 Å². The fraction of sp³-hybridized carbons (Fsp3) is 0.143. The first-order valence-electron chi connectivity index (χ1n) is 5.75. The van der Waals surface area contributed by atoms with E-state index in [9.17, 15) is 4.79 Å². The van der Waals surface area contributed by atoms with Crippen molar-refractivity contribution < 1.29 is 9.90 Å². The first-order chi connectivity index (χ1) is 9.06. The van der Waals surface area contributed by atoms with Gasteiger partial charge in [-0.05, 0) is 36.8 Å². The Hall–Kier alpha value is -1.88. The van der Waals surface area contributed by atoms with Crippen molar-refractivity contribution in [2.24, 2.45) is 0 Å². The van der Waals surface area contributed by atoms with Gasteiger partial charge in [0.25, 0.3) is 0 Å². The second-order valence-electron chi connectivity index (χ2n) is 4.13. The van der Waals surface area contributed by atoms with Gasteiger partial charge in [-0.1, -0.05) is 28.1 Å². The third kappa shape index (κ3) is 3.54. The van der Waals surface area contributed by atoms with E-state index in [4.69, 9.17) is 5.11 Å². The molecule has 0 unspecified atom stereocenters. The van der Waals surface area contributed by atoms with Crippen LogP contribution < -0.4 is 5.32 Å². The number of aromatic carboxylic acids is 1. The number of pyridine rings is 1. The number of hydrogen-bond donors (Lipinski definition) is 2. The van der Waals surface area contributed by atoms with Gasteiger partial charge in [-0.25, -0.2) is 9.78 Å². The summed E-state index contributed by atoms with van der Waals surface area (Å²) in [5, 5.41) is 12.2. The van der Waals surface area contributed by atoms with Crippen LogP contribution in [-0.2, 0) is 6.54 Å². The third-order valence-electron chi connectivity index (χ3n) is 2.64. The number of halogens is 1.